The van der Waals surface area contributed by atoms with Gasteiger partial charge in [-0.2, -0.15) is 8.42 Å². The molecule has 4 aliphatic carbocycles. The molecule has 0 spiro atoms. The maximum Gasteiger partial charge on any atom is 0.276 e. The summed E-state index contributed by atoms with van der Waals surface area (Å²) in [4.78, 5) is 12.5. The maximum absolute atomic E-state index is 12.5. The lowest BCUT2D eigenvalue weighted by Crippen LogP contribution is -2.69. The number of hydrogen-bond donors (Lipinski definition) is 7. The highest BCUT2D eigenvalue weighted by Gasteiger charge is 2.70. The molecule has 10 nitrogen and oxygen atoms in total. The average molecular weight is 548 g/mol. The van der Waals surface area contributed by atoms with Crippen LogP contribution in [0.5, 0.6) is 0 Å². The Morgan fingerprint density at radius 2 is 1.70 bits per heavy atom. The zero-order chi connectivity index (χ0) is 27.7. The first kappa shape index (κ1) is 29.3. The fourth-order valence-corrected chi connectivity index (χ4v) is 10.1. The minimum atomic E-state index is -4.57. The summed E-state index contributed by atoms with van der Waals surface area (Å²) in [6.45, 7) is 5.38. The van der Waals surface area contributed by atoms with E-state index in [-0.39, 0.29) is 48.3 Å². The molecule has 12 unspecified atom stereocenters. The molecule has 4 rings (SSSR count). The lowest BCUT2D eigenvalue weighted by atomic mass is 9.41. The number of aliphatic hydroxyl groups is 5. The summed E-state index contributed by atoms with van der Waals surface area (Å²) in [6.07, 6.45) is 0.460. The van der Waals surface area contributed by atoms with E-state index in [9.17, 15) is 43.3 Å². The predicted octanol–water partition coefficient (Wildman–Crippen LogP) is 0.439. The molecule has 0 amide bonds. The average Bonchev–Trinajstić information content (AvgIpc) is 3.12. The molecule has 0 aromatic heterocycles. The number of aliphatic hydroxyl groups excluding tert-OH is 3. The number of rotatable bonds is 7. The van der Waals surface area contributed by atoms with Gasteiger partial charge in [0.15, 0.2) is 16.8 Å². The Labute approximate surface area is 219 Å². The van der Waals surface area contributed by atoms with Gasteiger partial charge in [0.1, 0.15) is 0 Å². The van der Waals surface area contributed by atoms with Crippen LogP contribution in [0.15, 0.2) is 0 Å². The number of Topliss-reactive ketones (excluding diaryl/α,β-unsaturated/α-hetero) is 1. The van der Waals surface area contributed by atoms with Gasteiger partial charge in [0.05, 0.1) is 18.3 Å². The van der Waals surface area contributed by atoms with Gasteiger partial charge in [-0.05, 0) is 79.4 Å². The summed E-state index contributed by atoms with van der Waals surface area (Å²) in [5, 5.41) is 53.9. The highest BCUT2D eigenvalue weighted by atomic mass is 32.2. The van der Waals surface area contributed by atoms with Crippen LogP contribution in [0.25, 0.3) is 0 Å². The molecule has 0 bridgehead atoms. The van der Waals surface area contributed by atoms with Crippen molar-refractivity contribution in [2.24, 2.45) is 52.1 Å². The molecule has 4 aliphatic rings. The Morgan fingerprint density at radius 3 is 2.30 bits per heavy atom. The molecule has 4 saturated carbocycles. The number of nitrogens with two attached hydrogens (primary N) is 1. The molecule has 0 aromatic carbocycles. The number of carbonyl (C=O) groups excluding carboxylic acids is 1. The third-order valence-electron chi connectivity index (χ3n) is 11.5. The van der Waals surface area contributed by atoms with E-state index in [2.05, 4.69) is 0 Å². The minimum absolute atomic E-state index is 0.0160. The Balaban J connectivity index is 1.56. The maximum atomic E-state index is 12.5. The van der Waals surface area contributed by atoms with E-state index in [1.165, 1.54) is 0 Å². The number of fused-ring (bicyclic) bond motifs is 5. The van der Waals surface area contributed by atoms with Crippen molar-refractivity contribution in [1.82, 2.24) is 0 Å². The lowest BCUT2D eigenvalue weighted by Gasteiger charge is -2.66. The topological polar surface area (TPSA) is 199 Å². The van der Waals surface area contributed by atoms with Gasteiger partial charge in [-0.3, -0.25) is 9.35 Å². The first-order valence-electron chi connectivity index (χ1n) is 13.7. The lowest BCUT2D eigenvalue weighted by molar-refractivity contribution is -0.339. The zero-order valence-electron chi connectivity index (χ0n) is 22.0. The Morgan fingerprint density at radius 1 is 1.05 bits per heavy atom. The molecule has 11 heteroatoms. The quantitative estimate of drug-likeness (QED) is 0.173. The molecule has 0 radical (unpaired) electrons. The van der Waals surface area contributed by atoms with Crippen molar-refractivity contribution in [3.05, 3.63) is 0 Å². The molecule has 0 saturated heterocycles. The highest BCUT2D eigenvalue weighted by molar-refractivity contribution is 7.87. The van der Waals surface area contributed by atoms with Crippen molar-refractivity contribution in [2.45, 2.75) is 101 Å². The zero-order valence-corrected chi connectivity index (χ0v) is 22.8. The smallest absolute Gasteiger partial charge is 0.276 e. The van der Waals surface area contributed by atoms with Gasteiger partial charge < -0.3 is 31.3 Å². The summed E-state index contributed by atoms with van der Waals surface area (Å²) < 4.78 is 32.3. The number of hydrogen-bond acceptors (Lipinski definition) is 9. The van der Waals surface area contributed by atoms with Gasteiger partial charge in [0.25, 0.3) is 10.1 Å². The van der Waals surface area contributed by atoms with E-state index in [4.69, 9.17) is 5.73 Å². The van der Waals surface area contributed by atoms with Gasteiger partial charge in [-0.15, -0.1) is 0 Å². The SMILES string of the molecule is CC(CCC(=O)C(CN)S(=O)(=O)O)C1CCC2C3C(O)CC4CC(O)CC(O)(O)C4(C)C3CC(O)C12C. The van der Waals surface area contributed by atoms with Crippen LogP contribution in [-0.2, 0) is 14.9 Å². The van der Waals surface area contributed by atoms with Crippen LogP contribution in [0.1, 0.15) is 72.1 Å². The number of ketones is 1. The van der Waals surface area contributed by atoms with Crippen LogP contribution >= 0.6 is 0 Å². The first-order chi connectivity index (χ1) is 17.0. The predicted molar refractivity (Wildman–Crippen MR) is 134 cm³/mol. The molecule has 0 aliphatic heterocycles. The summed E-state index contributed by atoms with van der Waals surface area (Å²) >= 11 is 0. The van der Waals surface area contributed by atoms with E-state index >= 15 is 0 Å². The molecule has 12 atom stereocenters. The second-order valence-electron chi connectivity index (χ2n) is 13.0. The van der Waals surface area contributed by atoms with E-state index in [1.807, 2.05) is 20.8 Å². The largest absolute Gasteiger partial charge is 0.393 e. The van der Waals surface area contributed by atoms with E-state index < -0.39 is 62.6 Å². The van der Waals surface area contributed by atoms with Crippen LogP contribution in [0.2, 0.25) is 0 Å². The molecule has 8 N–H and O–H groups in total. The molecule has 0 aromatic rings. The van der Waals surface area contributed by atoms with E-state index in [0.29, 0.717) is 25.7 Å². The molecule has 0 heterocycles. The standard InChI is InChI=1S/C26H45NO9S/c1-13(4-7-19(29)21(12-27)37(34,35)36)16-5-6-17-23-18(10-22(31)24(16,17)2)25(3)14(9-20(23)30)8-15(28)11-26(25,32)33/h13-18,20-23,28,30-33H,4-12,27H2,1-3H3,(H,34,35,36). The van der Waals surface area contributed by atoms with Gasteiger partial charge in [-0.1, -0.05) is 20.8 Å². The van der Waals surface area contributed by atoms with Crippen molar-refractivity contribution in [1.29, 1.82) is 0 Å². The molecule has 4 fully saturated rings. The summed E-state index contributed by atoms with van der Waals surface area (Å²) in [5.41, 5.74) is 3.87. The van der Waals surface area contributed by atoms with Gasteiger partial charge in [0, 0.05) is 24.8 Å². The molecule has 37 heavy (non-hydrogen) atoms. The fourth-order valence-electron chi connectivity index (χ4n) is 9.44. The monoisotopic (exact) mass is 547 g/mol. The second kappa shape index (κ2) is 9.76. The molecular formula is C26H45NO9S. The summed E-state index contributed by atoms with van der Waals surface area (Å²) in [7, 11) is -4.57. The molecule has 214 valence electrons. The fraction of sp³-hybridized carbons (Fsp3) is 0.962. The first-order valence-corrected chi connectivity index (χ1v) is 15.2. The van der Waals surface area contributed by atoms with Gasteiger partial charge in [0.2, 0.25) is 0 Å². The third-order valence-corrected chi connectivity index (χ3v) is 12.7. The Bertz CT molecular complexity index is 989. The van der Waals surface area contributed by atoms with E-state index in [0.717, 1.165) is 12.8 Å². The Hall–Kier alpha value is -0.660. The third kappa shape index (κ3) is 4.51. The van der Waals surface area contributed by atoms with Crippen LogP contribution < -0.4 is 5.73 Å². The van der Waals surface area contributed by atoms with Gasteiger partial charge >= 0.3 is 0 Å². The number of carbonyl (C=O) groups is 1. The normalized spacial score (nSPS) is 46.9. The van der Waals surface area contributed by atoms with Gasteiger partial charge in [-0.25, -0.2) is 0 Å². The van der Waals surface area contributed by atoms with Crippen molar-refractivity contribution in [3.63, 3.8) is 0 Å². The van der Waals surface area contributed by atoms with Crippen LogP contribution in [-0.4, -0.2) is 80.2 Å². The van der Waals surface area contributed by atoms with Crippen molar-refractivity contribution < 1.29 is 43.3 Å². The minimum Gasteiger partial charge on any atom is -0.393 e. The summed E-state index contributed by atoms with van der Waals surface area (Å²) in [5.74, 6) is -3.64. The van der Waals surface area contributed by atoms with Crippen LogP contribution in [0.4, 0.5) is 0 Å². The Kier molecular flexibility index (Phi) is 7.74. The van der Waals surface area contributed by atoms with Crippen molar-refractivity contribution in [2.75, 3.05) is 6.54 Å². The molecular weight excluding hydrogens is 502 g/mol. The highest BCUT2D eigenvalue weighted by Crippen LogP contribution is 2.69. The van der Waals surface area contributed by atoms with Crippen molar-refractivity contribution >= 4 is 15.9 Å². The van der Waals surface area contributed by atoms with Crippen LogP contribution in [0.3, 0.4) is 0 Å². The van der Waals surface area contributed by atoms with E-state index in [1.54, 1.807) is 0 Å². The van der Waals surface area contributed by atoms with Crippen LogP contribution in [0, 0.1) is 46.3 Å². The summed E-state index contributed by atoms with van der Waals surface area (Å²) in [6, 6.07) is 0. The second-order valence-corrected chi connectivity index (χ2v) is 14.6. The van der Waals surface area contributed by atoms with Crippen molar-refractivity contribution in [3.8, 4) is 0 Å².